The number of fused-ring (bicyclic) bond motifs is 4. The molecule has 16 heteroatoms. The molecule has 2 aliphatic rings. The Balaban J connectivity index is 1.27. The van der Waals surface area contributed by atoms with E-state index in [-0.39, 0.29) is 44.9 Å². The van der Waals surface area contributed by atoms with E-state index in [1.807, 2.05) is 125 Å². The summed E-state index contributed by atoms with van der Waals surface area (Å²) in [5.74, 6) is -16.4. The minimum absolute atomic E-state index is 0.219. The highest BCUT2D eigenvalue weighted by Gasteiger charge is 2.81. The van der Waals surface area contributed by atoms with Crippen LogP contribution in [0.15, 0.2) is 109 Å². The predicted octanol–water partition coefficient (Wildman–Crippen LogP) is 16.1. The molecule has 0 saturated heterocycles. The van der Waals surface area contributed by atoms with Crippen molar-refractivity contribution in [3.63, 3.8) is 0 Å². The van der Waals surface area contributed by atoms with Crippen LogP contribution in [0.25, 0.3) is 32.0 Å². The van der Waals surface area contributed by atoms with Crippen LogP contribution >= 0.6 is 22.7 Å². The van der Waals surface area contributed by atoms with Gasteiger partial charge in [-0.15, -0.1) is 22.7 Å². The molecule has 0 unspecified atom stereocenters. The largest absolute Gasteiger partial charge is 0.382 e. The van der Waals surface area contributed by atoms with Crippen LogP contribution in [-0.2, 0) is 65.3 Å². The van der Waals surface area contributed by atoms with Crippen molar-refractivity contribution in [2.75, 3.05) is 93.5 Å². The Hall–Kier alpha value is -4.72. The number of rotatable bonds is 26. The van der Waals surface area contributed by atoms with E-state index < -0.39 is 45.5 Å². The molecule has 0 radical (unpaired) electrons. The Morgan fingerprint density at radius 2 is 0.671 bits per heavy atom. The lowest BCUT2D eigenvalue weighted by molar-refractivity contribution is -0.254. The molecule has 0 fully saturated rings. The first-order valence-electron chi connectivity index (χ1n) is 27.8. The van der Waals surface area contributed by atoms with Gasteiger partial charge in [-0.3, -0.25) is 0 Å². The second-order valence-electron chi connectivity index (χ2n) is 23.9. The minimum atomic E-state index is -5.78. The maximum atomic E-state index is 17.3. The number of thiophene rings is 2. The van der Waals surface area contributed by atoms with Gasteiger partial charge in [0.2, 0.25) is 0 Å². The zero-order valence-corrected chi connectivity index (χ0v) is 50.9. The predicted molar refractivity (Wildman–Crippen MR) is 315 cm³/mol. The van der Waals surface area contributed by atoms with Crippen LogP contribution in [0.5, 0.6) is 0 Å². The van der Waals surface area contributed by atoms with Crippen molar-refractivity contribution >= 4 is 33.8 Å². The number of hydrogen-bond donors (Lipinski definition) is 0. The van der Waals surface area contributed by atoms with Crippen molar-refractivity contribution in [2.45, 2.75) is 114 Å². The number of hydrogen-bond acceptors (Lipinski definition) is 10. The zero-order chi connectivity index (χ0) is 59.5. The molecule has 8 rings (SSSR count). The summed E-state index contributed by atoms with van der Waals surface area (Å²) >= 11 is 2.29. The van der Waals surface area contributed by atoms with Crippen molar-refractivity contribution in [2.24, 2.45) is 0 Å². The summed E-state index contributed by atoms with van der Waals surface area (Å²) in [6.45, 7) is 24.9. The third-order valence-electron chi connectivity index (χ3n) is 15.4. The molecule has 8 nitrogen and oxygen atoms in total. The number of benzene rings is 4. The van der Waals surface area contributed by atoms with E-state index in [0.29, 0.717) is 98.1 Å². The van der Waals surface area contributed by atoms with E-state index >= 15 is 26.3 Å². The van der Waals surface area contributed by atoms with Crippen LogP contribution in [0.1, 0.15) is 123 Å². The molecule has 82 heavy (non-hydrogen) atoms. The van der Waals surface area contributed by atoms with E-state index in [9.17, 15) is 0 Å². The minimum Gasteiger partial charge on any atom is -0.382 e. The summed E-state index contributed by atoms with van der Waals surface area (Å²) in [5.41, 5.74) is -1.33. The summed E-state index contributed by atoms with van der Waals surface area (Å²) in [6, 6.07) is 33.2. The van der Waals surface area contributed by atoms with Crippen LogP contribution in [0.2, 0.25) is 0 Å². The highest BCUT2D eigenvalue weighted by Crippen LogP contribution is 2.70. The topological polar surface area (TPSA) is 73.8 Å². The van der Waals surface area contributed by atoms with E-state index in [0.717, 1.165) is 44.9 Å². The van der Waals surface area contributed by atoms with Gasteiger partial charge in [0.25, 0.3) is 0 Å². The number of ether oxygens (including phenoxy) is 8. The maximum Gasteiger partial charge on any atom is 0.380 e. The molecule has 2 aromatic heterocycles. The Morgan fingerprint density at radius 3 is 0.976 bits per heavy atom. The Morgan fingerprint density at radius 1 is 0.378 bits per heavy atom. The quantitative estimate of drug-likeness (QED) is 0.0393. The van der Waals surface area contributed by atoms with Gasteiger partial charge in [-0.1, -0.05) is 139 Å². The second kappa shape index (κ2) is 25.1. The van der Waals surface area contributed by atoms with Crippen molar-refractivity contribution in [1.82, 2.24) is 0 Å². The van der Waals surface area contributed by atoms with Gasteiger partial charge < -0.3 is 37.9 Å². The number of alkyl halides is 6. The molecule has 2 heterocycles. The van der Waals surface area contributed by atoms with Crippen LogP contribution in [0.3, 0.4) is 0 Å². The van der Waals surface area contributed by atoms with Crippen molar-refractivity contribution in [1.29, 1.82) is 0 Å². The third-order valence-corrected chi connectivity index (χ3v) is 18.0. The van der Waals surface area contributed by atoms with Crippen LogP contribution in [-0.4, -0.2) is 111 Å². The van der Waals surface area contributed by atoms with Crippen molar-refractivity contribution in [3.05, 3.63) is 163 Å². The lowest BCUT2D eigenvalue weighted by Gasteiger charge is -2.37. The Kier molecular flexibility index (Phi) is 19.4. The van der Waals surface area contributed by atoms with E-state index in [4.69, 9.17) is 37.9 Å². The maximum absolute atomic E-state index is 17.3. The molecule has 0 aliphatic heterocycles. The molecule has 0 N–H and O–H groups in total. The van der Waals surface area contributed by atoms with Gasteiger partial charge in [0, 0.05) is 56.0 Å². The summed E-state index contributed by atoms with van der Waals surface area (Å²) in [5, 5.41) is 0. The standard InChI is InChI=1S/C66H78F6O8S2/c1-59(2,3)45-21-25-49(26-22-45)63(50-27-23-46(24-28-50)60(4,5)6)57-51(41-53(81-57)43-13-17-47(18-14-43)61(7,8)79-39-37-77-35-33-75-31-29-73-11)55-56(65(69,70)66(71,72)64(55,67)68)52-42-54(82-58(52)63)44-15-19-48(20-16-44)62(9,10)80-40-38-78-36-34-76-32-30-74-12/h13-28,41-42H,29-40H2,1-12H3. The molecule has 2 aliphatic carbocycles. The number of allylic oxidation sites excluding steroid dienone is 2. The number of methoxy groups -OCH3 is 2. The molecular formula is C66H78F6O8S2. The molecule has 0 amide bonds. The molecule has 0 bridgehead atoms. The highest BCUT2D eigenvalue weighted by molar-refractivity contribution is 7.18. The van der Waals surface area contributed by atoms with Gasteiger partial charge in [0.15, 0.2) is 0 Å². The van der Waals surface area contributed by atoms with Crippen LogP contribution < -0.4 is 0 Å². The summed E-state index contributed by atoms with van der Waals surface area (Å²) in [6.07, 6.45) is 0. The first kappa shape index (κ1) is 63.3. The fraction of sp³-hybridized carbons (Fsp3) is 0.485. The number of halogens is 6. The van der Waals surface area contributed by atoms with Crippen molar-refractivity contribution in [3.8, 4) is 20.9 Å². The molecule has 4 aromatic carbocycles. The van der Waals surface area contributed by atoms with Gasteiger partial charge in [-0.2, -0.15) is 26.3 Å². The fourth-order valence-electron chi connectivity index (χ4n) is 10.5. The molecule has 0 saturated carbocycles. The fourth-order valence-corrected chi connectivity index (χ4v) is 13.4. The van der Waals surface area contributed by atoms with Crippen molar-refractivity contribution < 1.29 is 64.2 Å². The molecule has 0 spiro atoms. The zero-order valence-electron chi connectivity index (χ0n) is 49.2. The SMILES string of the molecule is COCCOCCOCCOC(C)(C)c1ccc(-c2cc3c(s2)C(c2ccc(C(C)(C)C)cc2)(c2ccc(C(C)(C)C)cc2)c2sc(-c4ccc(C(C)(C)OCCOCCOCCOC)cc4)cc2C2=C3C(F)(F)C(F)(F)C2(F)F)cc1. The van der Waals surface area contributed by atoms with Gasteiger partial charge in [0.1, 0.15) is 0 Å². The Labute approximate surface area is 488 Å². The first-order chi connectivity index (χ1) is 38.6. The molecule has 0 atom stereocenters. The van der Waals surface area contributed by atoms with Gasteiger partial charge in [-0.25, -0.2) is 0 Å². The van der Waals surface area contributed by atoms with Gasteiger partial charge >= 0.3 is 17.8 Å². The summed E-state index contributed by atoms with van der Waals surface area (Å²) in [4.78, 5) is 1.30. The average Bonchev–Trinajstić information content (AvgIpc) is 1.57. The highest BCUT2D eigenvalue weighted by atomic mass is 32.1. The summed E-state index contributed by atoms with van der Waals surface area (Å²) in [7, 11) is 3.22. The van der Waals surface area contributed by atoms with E-state index in [1.54, 1.807) is 14.2 Å². The second-order valence-corrected chi connectivity index (χ2v) is 26.0. The van der Waals surface area contributed by atoms with Gasteiger partial charge in [0.05, 0.1) is 95.9 Å². The first-order valence-corrected chi connectivity index (χ1v) is 29.5. The van der Waals surface area contributed by atoms with Gasteiger partial charge in [-0.05, 0) is 95.2 Å². The average molecular weight is 1180 g/mol. The molecule has 444 valence electrons. The van der Waals surface area contributed by atoms with E-state index in [1.165, 1.54) is 12.1 Å². The van der Waals surface area contributed by atoms with Crippen LogP contribution in [0, 0.1) is 0 Å². The van der Waals surface area contributed by atoms with Crippen LogP contribution in [0.4, 0.5) is 26.3 Å². The monoisotopic (exact) mass is 1180 g/mol. The lowest BCUT2D eigenvalue weighted by Crippen LogP contribution is -2.49. The normalized spacial score (nSPS) is 16.5. The smallest absolute Gasteiger partial charge is 0.380 e. The molecular weight excluding hydrogens is 1100 g/mol. The third kappa shape index (κ3) is 12.6. The molecule has 6 aromatic rings. The van der Waals surface area contributed by atoms with E-state index in [2.05, 4.69) is 41.5 Å². The lowest BCUT2D eigenvalue weighted by atomic mass is 9.69. The Bertz CT molecular complexity index is 2900. The summed E-state index contributed by atoms with van der Waals surface area (Å²) < 4.78 is 147.